The minimum atomic E-state index is -0.459. The first-order chi connectivity index (χ1) is 16.4. The summed E-state index contributed by atoms with van der Waals surface area (Å²) in [6.07, 6.45) is 5.77. The molecular formula is C26H25N3O5. The van der Waals surface area contributed by atoms with Gasteiger partial charge < -0.3 is 4.57 Å². The minimum absolute atomic E-state index is 0.0213. The lowest BCUT2D eigenvalue weighted by Crippen LogP contribution is -1.99. The number of hydrogen-bond donors (Lipinski definition) is 0. The standard InChI is InChI=1S/C26H25N3O5/c1-2-3-4-5-6-7-26(30)18-8-14-24-22(16-18)23-17-21(29(33)34)13-15-25(23)27(24)19-9-11-20(12-10-19)28(31)32/h8-17H,2-7H2,1H3. The largest absolute Gasteiger partial charge is 0.309 e. The quantitative estimate of drug-likeness (QED) is 0.108. The van der Waals surface area contributed by atoms with Gasteiger partial charge in [-0.05, 0) is 42.8 Å². The van der Waals surface area contributed by atoms with Crippen molar-refractivity contribution in [2.24, 2.45) is 0 Å². The zero-order valence-corrected chi connectivity index (χ0v) is 18.9. The third-order valence-corrected chi connectivity index (χ3v) is 6.11. The van der Waals surface area contributed by atoms with Gasteiger partial charge in [-0.2, -0.15) is 0 Å². The molecule has 0 spiro atoms. The van der Waals surface area contributed by atoms with Gasteiger partial charge in [0.25, 0.3) is 11.4 Å². The van der Waals surface area contributed by atoms with E-state index in [1.165, 1.54) is 30.7 Å². The molecule has 8 nitrogen and oxygen atoms in total. The van der Waals surface area contributed by atoms with Gasteiger partial charge in [-0.1, -0.05) is 32.6 Å². The molecule has 0 saturated carbocycles. The third kappa shape index (κ3) is 4.52. The van der Waals surface area contributed by atoms with Crippen molar-refractivity contribution in [3.05, 3.63) is 86.5 Å². The number of ketones is 1. The predicted molar refractivity (Wildman–Crippen MR) is 132 cm³/mol. The average Bonchev–Trinajstić information content (AvgIpc) is 3.16. The van der Waals surface area contributed by atoms with Gasteiger partial charge in [-0.3, -0.25) is 25.0 Å². The van der Waals surface area contributed by atoms with Gasteiger partial charge in [0.1, 0.15) is 0 Å². The van der Waals surface area contributed by atoms with Crippen LogP contribution in [0.15, 0.2) is 60.7 Å². The number of rotatable bonds is 10. The summed E-state index contributed by atoms with van der Waals surface area (Å²) in [7, 11) is 0. The summed E-state index contributed by atoms with van der Waals surface area (Å²) in [5, 5.41) is 23.8. The van der Waals surface area contributed by atoms with E-state index in [-0.39, 0.29) is 17.2 Å². The number of carbonyl (C=O) groups is 1. The molecule has 0 aliphatic rings. The van der Waals surface area contributed by atoms with E-state index >= 15 is 0 Å². The number of fused-ring (bicyclic) bond motifs is 3. The molecular weight excluding hydrogens is 434 g/mol. The van der Waals surface area contributed by atoms with Crippen molar-refractivity contribution in [3.8, 4) is 5.69 Å². The Bertz CT molecular complexity index is 1390. The Balaban J connectivity index is 1.80. The van der Waals surface area contributed by atoms with E-state index in [0.717, 1.165) is 42.1 Å². The Hall–Kier alpha value is -4.07. The summed E-state index contributed by atoms with van der Waals surface area (Å²) in [5.74, 6) is 0.0556. The van der Waals surface area contributed by atoms with Crippen molar-refractivity contribution in [1.29, 1.82) is 0 Å². The Kier molecular flexibility index (Phi) is 6.67. The molecule has 1 heterocycles. The van der Waals surface area contributed by atoms with Crippen LogP contribution in [0, 0.1) is 20.2 Å². The highest BCUT2D eigenvalue weighted by molar-refractivity contribution is 6.12. The third-order valence-electron chi connectivity index (χ3n) is 6.11. The maximum absolute atomic E-state index is 12.8. The second-order valence-electron chi connectivity index (χ2n) is 8.39. The van der Waals surface area contributed by atoms with Gasteiger partial charge in [0.2, 0.25) is 0 Å². The van der Waals surface area contributed by atoms with Crippen molar-refractivity contribution in [1.82, 2.24) is 4.57 Å². The number of non-ortho nitro benzene ring substituents is 2. The number of hydrogen-bond acceptors (Lipinski definition) is 5. The molecule has 0 aliphatic carbocycles. The molecule has 1 aromatic heterocycles. The molecule has 0 N–H and O–H groups in total. The van der Waals surface area contributed by atoms with Gasteiger partial charge in [0.05, 0.1) is 20.9 Å². The van der Waals surface area contributed by atoms with Crippen molar-refractivity contribution in [3.63, 3.8) is 0 Å². The lowest BCUT2D eigenvalue weighted by atomic mass is 10.0. The Morgan fingerprint density at radius 2 is 1.35 bits per heavy atom. The molecule has 4 aromatic rings. The van der Waals surface area contributed by atoms with Crippen LogP contribution in [0.1, 0.15) is 55.8 Å². The molecule has 0 atom stereocenters. The van der Waals surface area contributed by atoms with Crippen molar-refractivity contribution in [2.75, 3.05) is 0 Å². The van der Waals surface area contributed by atoms with E-state index in [9.17, 15) is 25.0 Å². The second-order valence-corrected chi connectivity index (χ2v) is 8.39. The van der Waals surface area contributed by atoms with Crippen LogP contribution in [0.3, 0.4) is 0 Å². The molecule has 8 heteroatoms. The van der Waals surface area contributed by atoms with Crippen LogP contribution in [-0.4, -0.2) is 20.2 Å². The number of aromatic nitrogens is 1. The van der Waals surface area contributed by atoms with Gasteiger partial charge in [-0.15, -0.1) is 0 Å². The molecule has 0 aliphatic heterocycles. The van der Waals surface area contributed by atoms with Crippen LogP contribution in [0.4, 0.5) is 11.4 Å². The minimum Gasteiger partial charge on any atom is -0.309 e. The van der Waals surface area contributed by atoms with E-state index in [1.807, 2.05) is 10.6 Å². The van der Waals surface area contributed by atoms with Gasteiger partial charge in [0, 0.05) is 52.7 Å². The van der Waals surface area contributed by atoms with Crippen LogP contribution in [0.5, 0.6) is 0 Å². The van der Waals surface area contributed by atoms with Crippen molar-refractivity contribution in [2.45, 2.75) is 45.4 Å². The molecule has 4 rings (SSSR count). The number of Topliss-reactive ketones (excluding diaryl/α,β-unsaturated/α-hetero) is 1. The molecule has 0 fully saturated rings. The van der Waals surface area contributed by atoms with Crippen LogP contribution >= 0.6 is 0 Å². The van der Waals surface area contributed by atoms with Crippen LogP contribution < -0.4 is 0 Å². The lowest BCUT2D eigenvalue weighted by molar-refractivity contribution is -0.385. The zero-order chi connectivity index (χ0) is 24.2. The number of benzene rings is 3. The first-order valence-electron chi connectivity index (χ1n) is 11.4. The van der Waals surface area contributed by atoms with E-state index in [4.69, 9.17) is 0 Å². The maximum Gasteiger partial charge on any atom is 0.270 e. The monoisotopic (exact) mass is 459 g/mol. The van der Waals surface area contributed by atoms with E-state index in [1.54, 1.807) is 30.3 Å². The summed E-state index contributed by atoms with van der Waals surface area (Å²) >= 11 is 0. The molecule has 0 saturated heterocycles. The number of unbranched alkanes of at least 4 members (excludes halogenated alkanes) is 4. The summed E-state index contributed by atoms with van der Waals surface area (Å²) in [6, 6.07) is 16.2. The summed E-state index contributed by atoms with van der Waals surface area (Å²) in [6.45, 7) is 2.15. The highest BCUT2D eigenvalue weighted by Crippen LogP contribution is 2.35. The van der Waals surface area contributed by atoms with Crippen LogP contribution in [0.25, 0.3) is 27.5 Å². The van der Waals surface area contributed by atoms with Gasteiger partial charge in [0.15, 0.2) is 5.78 Å². The fraction of sp³-hybridized carbons (Fsp3) is 0.269. The van der Waals surface area contributed by atoms with E-state index < -0.39 is 9.85 Å². The Morgan fingerprint density at radius 1 is 0.765 bits per heavy atom. The SMILES string of the molecule is CCCCCCCC(=O)c1ccc2c(c1)c1cc([N+](=O)[O-])ccc1n2-c1ccc([N+](=O)[O-])cc1. The van der Waals surface area contributed by atoms with Crippen molar-refractivity contribution < 1.29 is 14.6 Å². The summed E-state index contributed by atoms with van der Waals surface area (Å²) < 4.78 is 1.90. The van der Waals surface area contributed by atoms with E-state index in [2.05, 4.69) is 6.92 Å². The first-order valence-corrected chi connectivity index (χ1v) is 11.4. The normalized spacial score (nSPS) is 11.2. The maximum atomic E-state index is 12.8. The average molecular weight is 460 g/mol. The topological polar surface area (TPSA) is 108 Å². The van der Waals surface area contributed by atoms with Gasteiger partial charge >= 0.3 is 0 Å². The zero-order valence-electron chi connectivity index (χ0n) is 18.9. The molecule has 3 aromatic carbocycles. The lowest BCUT2D eigenvalue weighted by Gasteiger charge is -2.08. The highest BCUT2D eigenvalue weighted by atomic mass is 16.6. The molecule has 0 amide bonds. The molecule has 174 valence electrons. The number of nitro groups is 2. The fourth-order valence-electron chi connectivity index (χ4n) is 4.33. The summed E-state index contributed by atoms with van der Waals surface area (Å²) in [4.78, 5) is 34.4. The second kappa shape index (κ2) is 9.82. The molecule has 0 unspecified atom stereocenters. The number of nitrogens with zero attached hydrogens (tertiary/aromatic N) is 3. The smallest absolute Gasteiger partial charge is 0.270 e. The van der Waals surface area contributed by atoms with Crippen molar-refractivity contribution >= 4 is 39.0 Å². The highest BCUT2D eigenvalue weighted by Gasteiger charge is 2.18. The molecule has 0 bridgehead atoms. The van der Waals surface area contributed by atoms with Crippen LogP contribution in [-0.2, 0) is 0 Å². The molecule has 0 radical (unpaired) electrons. The molecule has 34 heavy (non-hydrogen) atoms. The fourth-order valence-corrected chi connectivity index (χ4v) is 4.33. The van der Waals surface area contributed by atoms with Gasteiger partial charge in [-0.25, -0.2) is 0 Å². The Morgan fingerprint density at radius 3 is 2.00 bits per heavy atom. The summed E-state index contributed by atoms with van der Waals surface area (Å²) in [5.41, 5.74) is 2.70. The number of carbonyl (C=O) groups excluding carboxylic acids is 1. The first kappa shape index (κ1) is 23.1. The Labute approximate surface area is 196 Å². The number of nitro benzene ring substituents is 2. The van der Waals surface area contributed by atoms with E-state index in [0.29, 0.717) is 23.1 Å². The predicted octanol–water partition coefficient (Wildman–Crippen LogP) is 7.14. The van der Waals surface area contributed by atoms with Crippen LogP contribution in [0.2, 0.25) is 0 Å².